The number of ether oxygens (including phenoxy) is 3. The first kappa shape index (κ1) is 13.5. The molecule has 0 amide bonds. The lowest BCUT2D eigenvalue weighted by molar-refractivity contribution is 0.324. The fourth-order valence-electron chi connectivity index (χ4n) is 1.63. The fourth-order valence-corrected chi connectivity index (χ4v) is 1.74. The number of halogens is 1. The molecule has 0 spiro atoms. The summed E-state index contributed by atoms with van der Waals surface area (Å²) in [6, 6.07) is 3.46. The third kappa shape index (κ3) is 2.58. The van der Waals surface area contributed by atoms with Crippen LogP contribution in [-0.2, 0) is 5.88 Å². The molecule has 0 atom stereocenters. The summed E-state index contributed by atoms with van der Waals surface area (Å²) in [5.74, 6) is 2.40. The van der Waals surface area contributed by atoms with E-state index < -0.39 is 0 Å². The van der Waals surface area contributed by atoms with Crippen LogP contribution in [0.1, 0.15) is 5.89 Å². The fraction of sp³-hybridized carbons (Fsp3) is 0.333. The zero-order valence-corrected chi connectivity index (χ0v) is 11.5. The summed E-state index contributed by atoms with van der Waals surface area (Å²) < 4.78 is 21.1. The van der Waals surface area contributed by atoms with E-state index in [0.717, 1.165) is 0 Å². The largest absolute Gasteiger partial charge is 0.493 e. The van der Waals surface area contributed by atoms with Crippen molar-refractivity contribution in [1.82, 2.24) is 10.2 Å². The van der Waals surface area contributed by atoms with Gasteiger partial charge in [0.1, 0.15) is 5.88 Å². The first-order chi connectivity index (χ1) is 9.23. The van der Waals surface area contributed by atoms with E-state index in [0.29, 0.717) is 34.6 Å². The van der Waals surface area contributed by atoms with E-state index in [1.54, 1.807) is 33.5 Å². The minimum absolute atomic E-state index is 0.164. The van der Waals surface area contributed by atoms with Crippen molar-refractivity contribution < 1.29 is 18.6 Å². The number of aromatic nitrogens is 2. The lowest BCUT2D eigenvalue weighted by Crippen LogP contribution is -1.95. The van der Waals surface area contributed by atoms with Crippen LogP contribution < -0.4 is 14.2 Å². The number of benzene rings is 1. The molecule has 0 bridgehead atoms. The van der Waals surface area contributed by atoms with Gasteiger partial charge in [0.15, 0.2) is 11.5 Å². The molecule has 2 rings (SSSR count). The maximum atomic E-state index is 5.63. The van der Waals surface area contributed by atoms with E-state index in [1.807, 2.05) is 0 Å². The van der Waals surface area contributed by atoms with Crippen molar-refractivity contribution in [2.45, 2.75) is 5.88 Å². The second-order valence-electron chi connectivity index (χ2n) is 3.55. The monoisotopic (exact) mass is 284 g/mol. The normalized spacial score (nSPS) is 10.3. The van der Waals surface area contributed by atoms with Gasteiger partial charge >= 0.3 is 0 Å². The Bertz CT molecular complexity index is 546. The highest BCUT2D eigenvalue weighted by atomic mass is 35.5. The van der Waals surface area contributed by atoms with Crippen molar-refractivity contribution in [3.63, 3.8) is 0 Å². The van der Waals surface area contributed by atoms with Crippen molar-refractivity contribution in [2.24, 2.45) is 0 Å². The Kier molecular flexibility index (Phi) is 4.11. The molecular weight excluding hydrogens is 272 g/mol. The maximum Gasteiger partial charge on any atom is 0.248 e. The van der Waals surface area contributed by atoms with Crippen molar-refractivity contribution in [3.8, 4) is 28.7 Å². The predicted octanol–water partition coefficient (Wildman–Crippen LogP) is 2.50. The average Bonchev–Trinajstić information content (AvgIpc) is 2.94. The molecule has 7 heteroatoms. The van der Waals surface area contributed by atoms with Crippen LogP contribution in [0.3, 0.4) is 0 Å². The molecular formula is C12H13ClN2O4. The van der Waals surface area contributed by atoms with Gasteiger partial charge in [-0.3, -0.25) is 0 Å². The van der Waals surface area contributed by atoms with E-state index in [-0.39, 0.29) is 5.88 Å². The molecule has 0 saturated carbocycles. The molecule has 0 saturated heterocycles. The second-order valence-corrected chi connectivity index (χ2v) is 3.82. The molecule has 1 aromatic heterocycles. The summed E-state index contributed by atoms with van der Waals surface area (Å²) in [5, 5.41) is 7.71. The van der Waals surface area contributed by atoms with E-state index in [1.165, 1.54) is 0 Å². The Morgan fingerprint density at radius 1 is 1.05 bits per heavy atom. The first-order valence-corrected chi connectivity index (χ1v) is 5.95. The smallest absolute Gasteiger partial charge is 0.248 e. The van der Waals surface area contributed by atoms with Crippen LogP contribution in [0.5, 0.6) is 17.2 Å². The number of hydrogen-bond acceptors (Lipinski definition) is 6. The number of alkyl halides is 1. The van der Waals surface area contributed by atoms with Crippen molar-refractivity contribution in [1.29, 1.82) is 0 Å². The minimum Gasteiger partial charge on any atom is -0.493 e. The number of methoxy groups -OCH3 is 3. The number of hydrogen-bond donors (Lipinski definition) is 0. The highest BCUT2D eigenvalue weighted by molar-refractivity contribution is 6.16. The van der Waals surface area contributed by atoms with Crippen LogP contribution in [0, 0.1) is 0 Å². The van der Waals surface area contributed by atoms with Crippen LogP contribution in [0.25, 0.3) is 11.5 Å². The number of nitrogens with zero attached hydrogens (tertiary/aromatic N) is 2. The van der Waals surface area contributed by atoms with Crippen molar-refractivity contribution in [3.05, 3.63) is 18.0 Å². The SMILES string of the molecule is COc1cc(-c2nnc(CCl)o2)cc(OC)c1OC. The highest BCUT2D eigenvalue weighted by Crippen LogP contribution is 2.40. The summed E-state index contributed by atoms with van der Waals surface area (Å²) in [4.78, 5) is 0. The second kappa shape index (κ2) is 5.79. The van der Waals surface area contributed by atoms with Crippen LogP contribution in [0.15, 0.2) is 16.5 Å². The Morgan fingerprint density at radius 3 is 2.11 bits per heavy atom. The van der Waals surface area contributed by atoms with Crippen LogP contribution >= 0.6 is 11.6 Å². The van der Waals surface area contributed by atoms with Gasteiger partial charge in [0.2, 0.25) is 17.5 Å². The molecule has 0 aliphatic carbocycles. The molecule has 0 aliphatic heterocycles. The first-order valence-electron chi connectivity index (χ1n) is 5.42. The van der Waals surface area contributed by atoms with Gasteiger partial charge in [0, 0.05) is 5.56 Å². The molecule has 1 heterocycles. The predicted molar refractivity (Wildman–Crippen MR) is 68.9 cm³/mol. The van der Waals surface area contributed by atoms with Crippen molar-refractivity contribution in [2.75, 3.05) is 21.3 Å². The van der Waals surface area contributed by atoms with E-state index in [2.05, 4.69) is 10.2 Å². The molecule has 6 nitrogen and oxygen atoms in total. The standard InChI is InChI=1S/C12H13ClN2O4/c1-16-8-4-7(5-9(17-2)11(8)18-3)12-15-14-10(6-13)19-12/h4-5H,6H2,1-3H3. The Balaban J connectivity index is 2.51. The summed E-state index contributed by atoms with van der Waals surface area (Å²) in [6.07, 6.45) is 0. The van der Waals surface area contributed by atoms with Gasteiger partial charge in [0.05, 0.1) is 21.3 Å². The zero-order chi connectivity index (χ0) is 13.8. The van der Waals surface area contributed by atoms with E-state index in [4.69, 9.17) is 30.2 Å². The third-order valence-corrected chi connectivity index (χ3v) is 2.72. The average molecular weight is 285 g/mol. The lowest BCUT2D eigenvalue weighted by atomic mass is 10.2. The van der Waals surface area contributed by atoms with Crippen LogP contribution in [-0.4, -0.2) is 31.5 Å². The van der Waals surface area contributed by atoms with Crippen molar-refractivity contribution >= 4 is 11.6 Å². The highest BCUT2D eigenvalue weighted by Gasteiger charge is 2.17. The third-order valence-electron chi connectivity index (χ3n) is 2.49. The molecule has 1 aromatic carbocycles. The lowest BCUT2D eigenvalue weighted by Gasteiger charge is -2.12. The molecule has 19 heavy (non-hydrogen) atoms. The van der Waals surface area contributed by atoms with Gasteiger partial charge in [-0.25, -0.2) is 0 Å². The number of rotatable bonds is 5. The quantitative estimate of drug-likeness (QED) is 0.786. The molecule has 102 valence electrons. The zero-order valence-electron chi connectivity index (χ0n) is 10.8. The minimum atomic E-state index is 0.164. The van der Waals surface area contributed by atoms with E-state index in [9.17, 15) is 0 Å². The van der Waals surface area contributed by atoms with Gasteiger partial charge < -0.3 is 18.6 Å². The van der Waals surface area contributed by atoms with Gasteiger partial charge in [-0.2, -0.15) is 0 Å². The molecule has 0 aliphatic rings. The summed E-state index contributed by atoms with van der Waals surface area (Å²) in [7, 11) is 4.62. The summed E-state index contributed by atoms with van der Waals surface area (Å²) >= 11 is 5.63. The molecule has 0 fully saturated rings. The van der Waals surface area contributed by atoms with Crippen LogP contribution in [0.4, 0.5) is 0 Å². The topological polar surface area (TPSA) is 66.6 Å². The van der Waals surface area contributed by atoms with E-state index >= 15 is 0 Å². The van der Waals surface area contributed by atoms with Gasteiger partial charge in [-0.15, -0.1) is 21.8 Å². The van der Waals surface area contributed by atoms with Gasteiger partial charge in [-0.1, -0.05) is 0 Å². The van der Waals surface area contributed by atoms with Crippen LogP contribution in [0.2, 0.25) is 0 Å². The molecule has 0 N–H and O–H groups in total. The Hall–Kier alpha value is -1.95. The Morgan fingerprint density at radius 2 is 1.68 bits per heavy atom. The molecule has 0 radical (unpaired) electrons. The van der Waals surface area contributed by atoms with Gasteiger partial charge in [0.25, 0.3) is 0 Å². The molecule has 0 unspecified atom stereocenters. The summed E-state index contributed by atoms with van der Waals surface area (Å²) in [5.41, 5.74) is 0.665. The van der Waals surface area contributed by atoms with Gasteiger partial charge in [-0.05, 0) is 12.1 Å². The Labute approximate surface area is 115 Å². The molecule has 2 aromatic rings. The maximum absolute atomic E-state index is 5.63. The summed E-state index contributed by atoms with van der Waals surface area (Å²) in [6.45, 7) is 0.